The summed E-state index contributed by atoms with van der Waals surface area (Å²) < 4.78 is 5.98. The smallest absolute Gasteiger partial charge is 0.193 e. The highest BCUT2D eigenvalue weighted by atomic mass is 35.5. The first-order chi connectivity index (χ1) is 6.77. The van der Waals surface area contributed by atoms with Crippen molar-refractivity contribution < 1.29 is 9.53 Å². The second kappa shape index (κ2) is 3.59. The van der Waals surface area contributed by atoms with Crippen LogP contribution in [0.1, 0.15) is 10.4 Å². The second-order valence-corrected chi connectivity index (χ2v) is 4.11. The molecule has 4 heteroatoms. The Morgan fingerprint density at radius 1 is 1.50 bits per heavy atom. The fraction of sp³-hybridized carbons (Fsp3) is 0.100. The molecule has 1 heterocycles. The highest BCUT2D eigenvalue weighted by Gasteiger charge is 2.12. The third-order valence-corrected chi connectivity index (χ3v) is 3.67. The normalized spacial score (nSPS) is 10.4. The van der Waals surface area contributed by atoms with E-state index in [9.17, 15) is 4.79 Å². The van der Waals surface area contributed by atoms with Gasteiger partial charge in [0.2, 0.25) is 0 Å². The molecule has 0 aliphatic rings. The Kier molecular flexibility index (Phi) is 2.44. The molecule has 0 amide bonds. The number of rotatable bonds is 2. The lowest BCUT2D eigenvalue weighted by molar-refractivity contribution is 0.112. The number of halogens is 1. The first-order valence-corrected chi connectivity index (χ1v) is 5.17. The Morgan fingerprint density at radius 3 is 2.93 bits per heavy atom. The van der Waals surface area contributed by atoms with Gasteiger partial charge in [0.1, 0.15) is 5.02 Å². The number of fused-ring (bicyclic) bond motifs is 1. The summed E-state index contributed by atoms with van der Waals surface area (Å²) in [5.41, 5.74) is 0.651. The van der Waals surface area contributed by atoms with Crippen molar-refractivity contribution in [3.05, 3.63) is 28.8 Å². The molecule has 14 heavy (non-hydrogen) atoms. The maximum Gasteiger partial charge on any atom is 0.193 e. The van der Waals surface area contributed by atoms with Gasteiger partial charge >= 0.3 is 0 Å². The Hall–Kier alpha value is -1.06. The van der Waals surface area contributed by atoms with Gasteiger partial charge in [0.25, 0.3) is 0 Å². The highest BCUT2D eigenvalue weighted by Crippen LogP contribution is 2.42. The fourth-order valence-electron chi connectivity index (χ4n) is 1.31. The van der Waals surface area contributed by atoms with Crippen molar-refractivity contribution in [1.82, 2.24) is 0 Å². The van der Waals surface area contributed by atoms with Crippen LogP contribution in [-0.2, 0) is 0 Å². The van der Waals surface area contributed by atoms with Gasteiger partial charge in [-0.05, 0) is 0 Å². The van der Waals surface area contributed by atoms with E-state index in [2.05, 4.69) is 0 Å². The zero-order valence-electron chi connectivity index (χ0n) is 7.41. The van der Waals surface area contributed by atoms with Crippen molar-refractivity contribution >= 4 is 39.3 Å². The molecule has 0 radical (unpaired) electrons. The van der Waals surface area contributed by atoms with E-state index in [-0.39, 0.29) is 0 Å². The summed E-state index contributed by atoms with van der Waals surface area (Å²) in [5, 5.41) is 2.10. The minimum atomic E-state index is 0.580. The van der Waals surface area contributed by atoms with Crippen LogP contribution in [0.3, 0.4) is 0 Å². The van der Waals surface area contributed by atoms with Gasteiger partial charge in [-0.2, -0.15) is 0 Å². The first kappa shape index (κ1) is 9.49. The summed E-state index contributed by atoms with van der Waals surface area (Å²) in [6, 6.07) is 5.45. The Balaban J connectivity index is 2.83. The standard InChI is InChI=1S/C10H7ClO2S/c1-13-10-8(11)7-4-2-3-6(5-12)9(7)14-10/h2-5H,1H3. The lowest BCUT2D eigenvalue weighted by Gasteiger charge is -1.92. The molecule has 0 unspecified atom stereocenters. The number of methoxy groups -OCH3 is 1. The molecule has 0 fully saturated rings. The molecular weight excluding hydrogens is 220 g/mol. The highest BCUT2D eigenvalue weighted by molar-refractivity contribution is 7.22. The average molecular weight is 227 g/mol. The molecule has 0 aliphatic carbocycles. The molecule has 1 aromatic carbocycles. The maximum atomic E-state index is 10.8. The minimum absolute atomic E-state index is 0.580. The van der Waals surface area contributed by atoms with Gasteiger partial charge < -0.3 is 4.74 Å². The molecule has 0 spiro atoms. The van der Waals surface area contributed by atoms with Crippen LogP contribution in [0.2, 0.25) is 5.02 Å². The molecular formula is C10H7ClO2S. The number of carbonyl (C=O) groups is 1. The Labute approximate surface area is 90.1 Å². The van der Waals surface area contributed by atoms with Gasteiger partial charge in [0.15, 0.2) is 11.3 Å². The van der Waals surface area contributed by atoms with E-state index in [0.717, 1.165) is 16.4 Å². The van der Waals surface area contributed by atoms with Crippen LogP contribution in [0, 0.1) is 0 Å². The summed E-state index contributed by atoms with van der Waals surface area (Å²) in [6.07, 6.45) is 0.828. The van der Waals surface area contributed by atoms with E-state index < -0.39 is 0 Å². The Morgan fingerprint density at radius 2 is 2.29 bits per heavy atom. The van der Waals surface area contributed by atoms with Crippen molar-refractivity contribution in [2.75, 3.05) is 7.11 Å². The first-order valence-electron chi connectivity index (χ1n) is 3.98. The SMILES string of the molecule is COc1sc2c(C=O)cccc2c1Cl. The lowest BCUT2D eigenvalue weighted by Crippen LogP contribution is -1.77. The van der Waals surface area contributed by atoms with Crippen LogP contribution < -0.4 is 4.74 Å². The average Bonchev–Trinajstić information content (AvgIpc) is 2.55. The van der Waals surface area contributed by atoms with Gasteiger partial charge in [-0.3, -0.25) is 4.79 Å². The zero-order chi connectivity index (χ0) is 10.1. The molecule has 2 rings (SSSR count). The number of benzene rings is 1. The topological polar surface area (TPSA) is 26.3 Å². The molecule has 0 atom stereocenters. The number of ether oxygens (including phenoxy) is 1. The van der Waals surface area contributed by atoms with Crippen LogP contribution in [0.15, 0.2) is 18.2 Å². The van der Waals surface area contributed by atoms with Gasteiger partial charge in [-0.15, -0.1) is 0 Å². The van der Waals surface area contributed by atoms with E-state index in [0.29, 0.717) is 15.6 Å². The van der Waals surface area contributed by atoms with Gasteiger partial charge in [-0.1, -0.05) is 41.1 Å². The van der Waals surface area contributed by atoms with Crippen molar-refractivity contribution in [1.29, 1.82) is 0 Å². The van der Waals surface area contributed by atoms with E-state index >= 15 is 0 Å². The van der Waals surface area contributed by atoms with E-state index in [4.69, 9.17) is 16.3 Å². The third-order valence-electron chi connectivity index (χ3n) is 1.97. The van der Waals surface area contributed by atoms with Gasteiger partial charge in [-0.25, -0.2) is 0 Å². The van der Waals surface area contributed by atoms with Crippen LogP contribution in [0.5, 0.6) is 5.06 Å². The number of carbonyl (C=O) groups excluding carboxylic acids is 1. The molecule has 0 bridgehead atoms. The minimum Gasteiger partial charge on any atom is -0.486 e. The number of aldehydes is 1. The monoisotopic (exact) mass is 226 g/mol. The summed E-state index contributed by atoms with van der Waals surface area (Å²) in [4.78, 5) is 10.8. The van der Waals surface area contributed by atoms with Crippen LogP contribution in [-0.4, -0.2) is 13.4 Å². The van der Waals surface area contributed by atoms with Crippen molar-refractivity contribution in [2.24, 2.45) is 0 Å². The predicted molar refractivity (Wildman–Crippen MR) is 58.8 cm³/mol. The summed E-state index contributed by atoms with van der Waals surface area (Å²) in [5.74, 6) is 0. The van der Waals surface area contributed by atoms with Crippen LogP contribution >= 0.6 is 22.9 Å². The van der Waals surface area contributed by atoms with Gasteiger partial charge in [0, 0.05) is 10.9 Å². The van der Waals surface area contributed by atoms with Crippen molar-refractivity contribution in [2.45, 2.75) is 0 Å². The molecule has 0 saturated heterocycles. The second-order valence-electron chi connectivity index (χ2n) is 2.75. The molecule has 0 aliphatic heterocycles. The molecule has 2 nitrogen and oxygen atoms in total. The Bertz CT molecular complexity index is 490. The van der Waals surface area contributed by atoms with Crippen LogP contribution in [0.25, 0.3) is 10.1 Å². The zero-order valence-corrected chi connectivity index (χ0v) is 8.98. The van der Waals surface area contributed by atoms with E-state index in [1.54, 1.807) is 13.2 Å². The maximum absolute atomic E-state index is 10.8. The van der Waals surface area contributed by atoms with E-state index in [1.807, 2.05) is 12.1 Å². The summed E-state index contributed by atoms with van der Waals surface area (Å²) in [7, 11) is 1.57. The number of hydrogen-bond donors (Lipinski definition) is 0. The third kappa shape index (κ3) is 1.29. The molecule has 0 N–H and O–H groups in total. The quantitative estimate of drug-likeness (QED) is 0.734. The molecule has 72 valence electrons. The van der Waals surface area contributed by atoms with Crippen molar-refractivity contribution in [3.63, 3.8) is 0 Å². The fourth-order valence-corrected chi connectivity index (χ4v) is 2.70. The van der Waals surface area contributed by atoms with E-state index in [1.165, 1.54) is 11.3 Å². The lowest BCUT2D eigenvalue weighted by atomic mass is 10.2. The van der Waals surface area contributed by atoms with Gasteiger partial charge in [0.05, 0.1) is 11.8 Å². The predicted octanol–water partition coefficient (Wildman–Crippen LogP) is 3.38. The summed E-state index contributed by atoms with van der Waals surface area (Å²) >= 11 is 7.45. The van der Waals surface area contributed by atoms with Crippen LogP contribution in [0.4, 0.5) is 0 Å². The largest absolute Gasteiger partial charge is 0.486 e. The van der Waals surface area contributed by atoms with Crippen molar-refractivity contribution in [3.8, 4) is 5.06 Å². The molecule has 2 aromatic rings. The molecule has 1 aromatic heterocycles. The number of hydrogen-bond acceptors (Lipinski definition) is 3. The summed E-state index contributed by atoms with van der Waals surface area (Å²) in [6.45, 7) is 0. The molecule has 0 saturated carbocycles. The number of thiophene rings is 1.